The zero-order valence-corrected chi connectivity index (χ0v) is 9.17. The fourth-order valence-electron chi connectivity index (χ4n) is 1.70. The highest BCUT2D eigenvalue weighted by Crippen LogP contribution is 2.04. The van der Waals surface area contributed by atoms with E-state index in [4.69, 9.17) is 0 Å². The van der Waals surface area contributed by atoms with Crippen molar-refractivity contribution in [3.8, 4) is 0 Å². The Morgan fingerprint density at radius 3 is 2.53 bits per heavy atom. The van der Waals surface area contributed by atoms with Crippen molar-refractivity contribution in [1.29, 1.82) is 0 Å². The van der Waals surface area contributed by atoms with Crippen molar-refractivity contribution in [3.05, 3.63) is 35.4 Å². The SMILES string of the molecule is C1=c2ncc(Nc3ncccn3)nc2=CCC1. The van der Waals surface area contributed by atoms with Gasteiger partial charge in [0.25, 0.3) is 0 Å². The molecule has 0 bridgehead atoms. The highest BCUT2D eigenvalue weighted by atomic mass is 15.1. The maximum atomic E-state index is 4.47. The summed E-state index contributed by atoms with van der Waals surface area (Å²) in [6, 6.07) is 1.77. The second kappa shape index (κ2) is 4.29. The van der Waals surface area contributed by atoms with Gasteiger partial charge in [0.1, 0.15) is 0 Å². The molecule has 2 aromatic heterocycles. The molecule has 0 saturated heterocycles. The smallest absolute Gasteiger partial charge is 0.228 e. The summed E-state index contributed by atoms with van der Waals surface area (Å²) in [5.74, 6) is 1.20. The zero-order valence-electron chi connectivity index (χ0n) is 9.17. The van der Waals surface area contributed by atoms with Crippen LogP contribution >= 0.6 is 0 Å². The molecular weight excluding hydrogens is 214 g/mol. The number of anilines is 2. The van der Waals surface area contributed by atoms with Crippen molar-refractivity contribution in [3.63, 3.8) is 0 Å². The van der Waals surface area contributed by atoms with E-state index in [1.54, 1.807) is 24.7 Å². The van der Waals surface area contributed by atoms with Crippen molar-refractivity contribution in [2.24, 2.45) is 0 Å². The van der Waals surface area contributed by atoms with E-state index < -0.39 is 0 Å². The summed E-state index contributed by atoms with van der Waals surface area (Å²) < 4.78 is 0. The molecule has 1 N–H and O–H groups in total. The van der Waals surface area contributed by atoms with E-state index in [-0.39, 0.29) is 0 Å². The molecule has 0 unspecified atom stereocenters. The summed E-state index contributed by atoms with van der Waals surface area (Å²) in [6.45, 7) is 0. The van der Waals surface area contributed by atoms with Crippen LogP contribution in [-0.4, -0.2) is 19.9 Å². The third-order valence-corrected chi connectivity index (χ3v) is 2.48. The summed E-state index contributed by atoms with van der Waals surface area (Å²) in [7, 11) is 0. The van der Waals surface area contributed by atoms with Crippen LogP contribution in [0.25, 0.3) is 12.2 Å². The summed E-state index contributed by atoms with van der Waals surface area (Å²) in [5, 5.41) is 4.91. The van der Waals surface area contributed by atoms with E-state index in [1.165, 1.54) is 0 Å². The van der Waals surface area contributed by atoms with Gasteiger partial charge in [-0.3, -0.25) is 4.98 Å². The van der Waals surface area contributed by atoms with Crippen LogP contribution in [0.4, 0.5) is 11.8 Å². The summed E-state index contributed by atoms with van der Waals surface area (Å²) in [4.78, 5) is 17.0. The molecule has 0 saturated carbocycles. The predicted molar refractivity (Wildman–Crippen MR) is 64.8 cm³/mol. The minimum Gasteiger partial charge on any atom is -0.307 e. The lowest BCUT2D eigenvalue weighted by Crippen LogP contribution is -2.33. The van der Waals surface area contributed by atoms with Gasteiger partial charge in [0, 0.05) is 12.4 Å². The average molecular weight is 225 g/mol. The Kier molecular flexibility index (Phi) is 2.50. The minimum atomic E-state index is 0.529. The normalized spacial score (nSPS) is 13.2. The van der Waals surface area contributed by atoms with Gasteiger partial charge < -0.3 is 5.32 Å². The molecule has 1 aliphatic carbocycles. The van der Waals surface area contributed by atoms with Gasteiger partial charge in [0.2, 0.25) is 5.95 Å². The molecule has 0 atom stereocenters. The first-order valence-corrected chi connectivity index (χ1v) is 5.49. The van der Waals surface area contributed by atoms with Gasteiger partial charge >= 0.3 is 0 Å². The number of fused-ring (bicyclic) bond motifs is 1. The van der Waals surface area contributed by atoms with Crippen LogP contribution < -0.4 is 16.0 Å². The number of nitrogens with zero attached hydrogens (tertiary/aromatic N) is 4. The lowest BCUT2D eigenvalue weighted by Gasteiger charge is -2.04. The van der Waals surface area contributed by atoms with Crippen molar-refractivity contribution in [2.75, 3.05) is 5.32 Å². The van der Waals surface area contributed by atoms with Crippen LogP contribution in [-0.2, 0) is 0 Å². The Bertz CT molecular complexity index is 636. The highest BCUT2D eigenvalue weighted by molar-refractivity contribution is 5.46. The van der Waals surface area contributed by atoms with Crippen LogP contribution in [0.2, 0.25) is 0 Å². The molecule has 0 aromatic carbocycles. The standard InChI is InChI=1S/C12H11N5/c1-2-5-10-9(4-1)15-8-11(16-10)17-12-13-6-3-7-14-12/h3-8H,1-2H2,(H,13,14,16,17). The number of nitrogens with one attached hydrogen (secondary N) is 1. The average Bonchev–Trinajstić information content (AvgIpc) is 2.40. The maximum absolute atomic E-state index is 4.47. The summed E-state index contributed by atoms with van der Waals surface area (Å²) in [6.07, 6.45) is 11.3. The van der Waals surface area contributed by atoms with Crippen LogP contribution in [0.1, 0.15) is 12.8 Å². The van der Waals surface area contributed by atoms with Gasteiger partial charge in [-0.25, -0.2) is 15.0 Å². The Morgan fingerprint density at radius 1 is 0.941 bits per heavy atom. The molecular formula is C12H11N5. The molecule has 0 amide bonds. The topological polar surface area (TPSA) is 63.6 Å². The largest absolute Gasteiger partial charge is 0.307 e. The van der Waals surface area contributed by atoms with Gasteiger partial charge in [-0.15, -0.1) is 0 Å². The van der Waals surface area contributed by atoms with E-state index >= 15 is 0 Å². The fraction of sp³-hybridized carbons (Fsp3) is 0.167. The van der Waals surface area contributed by atoms with Gasteiger partial charge in [-0.1, -0.05) is 12.2 Å². The van der Waals surface area contributed by atoms with E-state index in [0.29, 0.717) is 11.8 Å². The van der Waals surface area contributed by atoms with Crippen LogP contribution in [0, 0.1) is 0 Å². The zero-order chi connectivity index (χ0) is 11.5. The van der Waals surface area contributed by atoms with E-state index in [2.05, 4.69) is 37.4 Å². The molecule has 0 spiro atoms. The van der Waals surface area contributed by atoms with E-state index in [1.807, 2.05) is 0 Å². The number of hydrogen-bond donors (Lipinski definition) is 1. The molecule has 5 heteroatoms. The van der Waals surface area contributed by atoms with Crippen molar-refractivity contribution >= 4 is 23.9 Å². The van der Waals surface area contributed by atoms with Gasteiger partial charge in [0.15, 0.2) is 5.82 Å². The van der Waals surface area contributed by atoms with Crippen molar-refractivity contribution in [1.82, 2.24) is 19.9 Å². The van der Waals surface area contributed by atoms with E-state index in [0.717, 1.165) is 23.5 Å². The number of hydrogen-bond acceptors (Lipinski definition) is 5. The quantitative estimate of drug-likeness (QED) is 0.799. The third kappa shape index (κ3) is 2.13. The maximum Gasteiger partial charge on any atom is 0.228 e. The van der Waals surface area contributed by atoms with Gasteiger partial charge in [-0.05, 0) is 18.9 Å². The highest BCUT2D eigenvalue weighted by Gasteiger charge is 2.00. The molecule has 1 aliphatic rings. The first-order valence-electron chi connectivity index (χ1n) is 5.49. The fourth-order valence-corrected chi connectivity index (χ4v) is 1.70. The van der Waals surface area contributed by atoms with Crippen molar-refractivity contribution < 1.29 is 0 Å². The number of aromatic nitrogens is 4. The third-order valence-electron chi connectivity index (χ3n) is 2.48. The van der Waals surface area contributed by atoms with Gasteiger partial charge in [0.05, 0.1) is 16.9 Å². The summed E-state index contributed by atoms with van der Waals surface area (Å²) in [5.41, 5.74) is 0. The molecule has 0 radical (unpaired) electrons. The molecule has 3 rings (SSSR count). The van der Waals surface area contributed by atoms with Crippen LogP contribution in [0.3, 0.4) is 0 Å². The first kappa shape index (κ1) is 9.89. The minimum absolute atomic E-state index is 0.529. The second-order valence-corrected chi connectivity index (χ2v) is 3.71. The number of rotatable bonds is 2. The second-order valence-electron chi connectivity index (χ2n) is 3.71. The molecule has 17 heavy (non-hydrogen) atoms. The molecule has 0 fully saturated rings. The predicted octanol–water partition coefficient (Wildman–Crippen LogP) is 0.365. The molecule has 0 aliphatic heterocycles. The molecule has 84 valence electrons. The Labute approximate surface area is 98.0 Å². The monoisotopic (exact) mass is 225 g/mol. The molecule has 5 nitrogen and oxygen atoms in total. The Morgan fingerprint density at radius 2 is 1.71 bits per heavy atom. The Balaban J connectivity index is 1.96. The van der Waals surface area contributed by atoms with Crippen LogP contribution in [0.5, 0.6) is 0 Å². The van der Waals surface area contributed by atoms with Crippen LogP contribution in [0.15, 0.2) is 24.7 Å². The van der Waals surface area contributed by atoms with E-state index in [9.17, 15) is 0 Å². The molecule has 2 heterocycles. The first-order chi connectivity index (χ1) is 8.42. The lowest BCUT2D eigenvalue weighted by molar-refractivity contribution is 1.02. The van der Waals surface area contributed by atoms with Gasteiger partial charge in [-0.2, -0.15) is 0 Å². The lowest BCUT2D eigenvalue weighted by atomic mass is 10.2. The van der Waals surface area contributed by atoms with Crippen molar-refractivity contribution in [2.45, 2.75) is 12.8 Å². The summed E-state index contributed by atoms with van der Waals surface area (Å²) >= 11 is 0. The molecule has 2 aromatic rings. The Hall–Kier alpha value is -2.30.